The van der Waals surface area contributed by atoms with Gasteiger partial charge in [0.2, 0.25) is 0 Å². The summed E-state index contributed by atoms with van der Waals surface area (Å²) in [5.41, 5.74) is 0.772. The van der Waals surface area contributed by atoms with E-state index in [-0.39, 0.29) is 11.4 Å². The van der Waals surface area contributed by atoms with Crippen LogP contribution in [-0.4, -0.2) is 39.1 Å². The highest BCUT2D eigenvalue weighted by Gasteiger charge is 2.11. The molecule has 0 aliphatic heterocycles. The molecule has 0 spiro atoms. The molecule has 0 fully saturated rings. The number of benzene rings is 1. The van der Waals surface area contributed by atoms with E-state index in [1.54, 1.807) is 13.2 Å². The minimum atomic E-state index is -0.260. The zero-order valence-electron chi connectivity index (χ0n) is 13.4. The van der Waals surface area contributed by atoms with Crippen LogP contribution in [0.1, 0.15) is 26.3 Å². The van der Waals surface area contributed by atoms with Gasteiger partial charge in [-0.25, -0.2) is 4.39 Å². The Morgan fingerprint density at radius 1 is 1.10 bits per heavy atom. The van der Waals surface area contributed by atoms with Crippen molar-refractivity contribution in [1.82, 2.24) is 5.32 Å². The van der Waals surface area contributed by atoms with Gasteiger partial charge >= 0.3 is 0 Å². The van der Waals surface area contributed by atoms with Crippen molar-refractivity contribution in [3.8, 4) is 5.75 Å². The standard InChI is InChI=1S/C16H26FNO3/c1-16(2,3)18-12-13-11-14(17)5-6-15(13)21-10-9-20-8-7-19-4/h5-6,11,18H,7-10,12H2,1-4H3. The van der Waals surface area contributed by atoms with Crippen LogP contribution in [0.25, 0.3) is 0 Å². The zero-order valence-corrected chi connectivity index (χ0v) is 13.4. The van der Waals surface area contributed by atoms with E-state index < -0.39 is 0 Å². The van der Waals surface area contributed by atoms with Gasteiger partial charge in [0, 0.05) is 24.8 Å². The number of hydrogen-bond acceptors (Lipinski definition) is 4. The first kappa shape index (κ1) is 17.9. The van der Waals surface area contributed by atoms with Crippen molar-refractivity contribution in [2.45, 2.75) is 32.9 Å². The molecule has 1 aromatic carbocycles. The number of nitrogens with one attached hydrogen (secondary N) is 1. The molecule has 1 aromatic rings. The molecule has 0 saturated carbocycles. The van der Waals surface area contributed by atoms with Crippen LogP contribution in [0.5, 0.6) is 5.75 Å². The predicted molar refractivity (Wildman–Crippen MR) is 81.2 cm³/mol. The maximum Gasteiger partial charge on any atom is 0.124 e. The van der Waals surface area contributed by atoms with Crippen molar-refractivity contribution in [3.63, 3.8) is 0 Å². The lowest BCUT2D eigenvalue weighted by Gasteiger charge is -2.21. The van der Waals surface area contributed by atoms with Crippen LogP contribution in [0.4, 0.5) is 4.39 Å². The molecular formula is C16H26FNO3. The van der Waals surface area contributed by atoms with E-state index >= 15 is 0 Å². The molecule has 0 unspecified atom stereocenters. The Bertz CT molecular complexity index is 418. The van der Waals surface area contributed by atoms with Gasteiger partial charge < -0.3 is 19.5 Å². The Morgan fingerprint density at radius 2 is 1.81 bits per heavy atom. The maximum absolute atomic E-state index is 13.4. The summed E-state index contributed by atoms with van der Waals surface area (Å²) >= 11 is 0. The summed E-state index contributed by atoms with van der Waals surface area (Å²) in [6.45, 7) is 8.77. The van der Waals surface area contributed by atoms with Crippen LogP contribution in [0, 0.1) is 5.82 Å². The molecule has 5 heteroatoms. The Balaban J connectivity index is 2.48. The van der Waals surface area contributed by atoms with Gasteiger partial charge in [-0.2, -0.15) is 0 Å². The fraction of sp³-hybridized carbons (Fsp3) is 0.625. The zero-order chi connectivity index (χ0) is 15.7. The molecule has 0 aliphatic rings. The lowest BCUT2D eigenvalue weighted by molar-refractivity contribution is 0.0542. The molecule has 0 aliphatic carbocycles. The maximum atomic E-state index is 13.4. The third-order valence-corrected chi connectivity index (χ3v) is 2.75. The van der Waals surface area contributed by atoms with Crippen LogP contribution >= 0.6 is 0 Å². The Labute approximate surface area is 126 Å². The van der Waals surface area contributed by atoms with Crippen molar-refractivity contribution < 1.29 is 18.6 Å². The summed E-state index contributed by atoms with van der Waals surface area (Å²) in [5.74, 6) is 0.424. The molecule has 0 atom stereocenters. The van der Waals surface area contributed by atoms with Gasteiger partial charge in [0.05, 0.1) is 19.8 Å². The van der Waals surface area contributed by atoms with Crippen LogP contribution in [0.15, 0.2) is 18.2 Å². The first-order valence-electron chi connectivity index (χ1n) is 7.15. The third-order valence-electron chi connectivity index (χ3n) is 2.75. The van der Waals surface area contributed by atoms with E-state index in [9.17, 15) is 4.39 Å². The van der Waals surface area contributed by atoms with Crippen LogP contribution in [-0.2, 0) is 16.0 Å². The molecule has 0 saturated heterocycles. The Morgan fingerprint density at radius 3 is 2.48 bits per heavy atom. The smallest absolute Gasteiger partial charge is 0.124 e. The monoisotopic (exact) mass is 299 g/mol. The number of rotatable bonds is 9. The van der Waals surface area contributed by atoms with Crippen molar-refractivity contribution >= 4 is 0 Å². The minimum absolute atomic E-state index is 0.0349. The fourth-order valence-electron chi connectivity index (χ4n) is 1.64. The van der Waals surface area contributed by atoms with Crippen LogP contribution in [0.3, 0.4) is 0 Å². The molecule has 1 rings (SSSR count). The Hall–Kier alpha value is -1.17. The van der Waals surface area contributed by atoms with E-state index in [2.05, 4.69) is 26.1 Å². The van der Waals surface area contributed by atoms with Crippen molar-refractivity contribution in [3.05, 3.63) is 29.6 Å². The minimum Gasteiger partial charge on any atom is -0.491 e. The van der Waals surface area contributed by atoms with Gasteiger partial charge in [0.1, 0.15) is 18.2 Å². The summed E-state index contributed by atoms with van der Waals surface area (Å²) in [6.07, 6.45) is 0. The normalized spacial score (nSPS) is 11.7. The first-order valence-corrected chi connectivity index (χ1v) is 7.15. The van der Waals surface area contributed by atoms with Gasteiger partial charge in [0.15, 0.2) is 0 Å². The predicted octanol–water partition coefficient (Wildman–Crippen LogP) is 2.76. The van der Waals surface area contributed by atoms with E-state index in [1.807, 2.05) is 0 Å². The molecule has 1 N–H and O–H groups in total. The lowest BCUT2D eigenvalue weighted by atomic mass is 10.1. The summed E-state index contributed by atoms with van der Waals surface area (Å²) in [4.78, 5) is 0. The van der Waals surface area contributed by atoms with Gasteiger partial charge in [-0.15, -0.1) is 0 Å². The van der Waals surface area contributed by atoms with Crippen molar-refractivity contribution in [1.29, 1.82) is 0 Å². The van der Waals surface area contributed by atoms with Crippen molar-refractivity contribution in [2.24, 2.45) is 0 Å². The average Bonchev–Trinajstić information content (AvgIpc) is 2.41. The van der Waals surface area contributed by atoms with Gasteiger partial charge in [0.25, 0.3) is 0 Å². The van der Waals surface area contributed by atoms with E-state index in [0.717, 1.165) is 5.56 Å². The van der Waals surface area contributed by atoms with Gasteiger partial charge in [-0.1, -0.05) is 0 Å². The molecule has 0 amide bonds. The lowest BCUT2D eigenvalue weighted by Crippen LogP contribution is -2.35. The van der Waals surface area contributed by atoms with Crippen LogP contribution < -0.4 is 10.1 Å². The molecule has 21 heavy (non-hydrogen) atoms. The summed E-state index contributed by atoms with van der Waals surface area (Å²) in [7, 11) is 1.63. The molecule has 0 heterocycles. The SMILES string of the molecule is COCCOCCOc1ccc(F)cc1CNC(C)(C)C. The average molecular weight is 299 g/mol. The fourth-order valence-corrected chi connectivity index (χ4v) is 1.64. The summed E-state index contributed by atoms with van der Waals surface area (Å²) in [6, 6.07) is 4.56. The highest BCUT2D eigenvalue weighted by molar-refractivity contribution is 5.34. The molecular weight excluding hydrogens is 273 g/mol. The third kappa shape index (κ3) is 7.99. The number of methoxy groups -OCH3 is 1. The van der Waals surface area contributed by atoms with Gasteiger partial charge in [-0.3, -0.25) is 0 Å². The van der Waals surface area contributed by atoms with Gasteiger partial charge in [-0.05, 0) is 39.0 Å². The molecule has 0 bridgehead atoms. The Kier molecular flexibility index (Phi) is 7.64. The molecule has 120 valence electrons. The molecule has 0 aromatic heterocycles. The number of hydrogen-bond donors (Lipinski definition) is 1. The highest BCUT2D eigenvalue weighted by Crippen LogP contribution is 2.20. The molecule has 4 nitrogen and oxygen atoms in total. The number of halogens is 1. The molecule has 0 radical (unpaired) electrons. The van der Waals surface area contributed by atoms with E-state index in [0.29, 0.717) is 38.7 Å². The highest BCUT2D eigenvalue weighted by atomic mass is 19.1. The van der Waals surface area contributed by atoms with E-state index in [4.69, 9.17) is 14.2 Å². The second kappa shape index (κ2) is 8.97. The number of ether oxygens (including phenoxy) is 3. The summed E-state index contributed by atoms with van der Waals surface area (Å²) < 4.78 is 29.3. The van der Waals surface area contributed by atoms with Crippen LogP contribution in [0.2, 0.25) is 0 Å². The topological polar surface area (TPSA) is 39.7 Å². The second-order valence-corrected chi connectivity index (χ2v) is 5.81. The quantitative estimate of drug-likeness (QED) is 0.712. The van der Waals surface area contributed by atoms with E-state index in [1.165, 1.54) is 12.1 Å². The second-order valence-electron chi connectivity index (χ2n) is 5.81. The summed E-state index contributed by atoms with van der Waals surface area (Å²) in [5, 5.41) is 3.33. The largest absolute Gasteiger partial charge is 0.491 e. The van der Waals surface area contributed by atoms with Crippen molar-refractivity contribution in [2.75, 3.05) is 33.5 Å². The first-order chi connectivity index (χ1) is 9.92.